The van der Waals surface area contributed by atoms with Crippen LogP contribution in [0.2, 0.25) is 0 Å². The average Bonchev–Trinajstić information content (AvgIpc) is 2.61. The Kier molecular flexibility index (Phi) is 2.03. The summed E-state index contributed by atoms with van der Waals surface area (Å²) < 4.78 is 4.96. The molecule has 78 valence electrons. The number of carboxylic acids is 1. The van der Waals surface area contributed by atoms with Gasteiger partial charge in [-0.3, -0.25) is 0 Å². The maximum atomic E-state index is 10.7. The number of pyridine rings is 1. The van der Waals surface area contributed by atoms with E-state index in [1.54, 1.807) is 6.07 Å². The largest absolute Gasteiger partial charge is 0.481 e. The zero-order valence-electron chi connectivity index (χ0n) is 8.24. The van der Waals surface area contributed by atoms with Crippen LogP contribution in [0.15, 0.2) is 6.07 Å². The molecule has 0 bridgehead atoms. The van der Waals surface area contributed by atoms with Crippen LogP contribution in [-0.4, -0.2) is 33.1 Å². The van der Waals surface area contributed by atoms with E-state index in [-0.39, 0.29) is 5.82 Å². The lowest BCUT2D eigenvalue weighted by Gasteiger charge is -1.99. The first-order valence-corrected chi connectivity index (χ1v) is 4.26. The van der Waals surface area contributed by atoms with Gasteiger partial charge in [-0.25, -0.2) is 9.78 Å². The summed E-state index contributed by atoms with van der Waals surface area (Å²) in [5.41, 5.74) is 1.81. The lowest BCUT2D eigenvalue weighted by Crippen LogP contribution is -1.97. The first-order chi connectivity index (χ1) is 7.11. The quantitative estimate of drug-likeness (QED) is 0.766. The Balaban J connectivity index is 2.69. The van der Waals surface area contributed by atoms with Crippen molar-refractivity contribution in [2.75, 3.05) is 7.11 Å². The number of aromatic amines is 1. The van der Waals surface area contributed by atoms with E-state index >= 15 is 0 Å². The van der Waals surface area contributed by atoms with Crippen LogP contribution in [0.25, 0.3) is 11.2 Å². The molecular weight excluding hydrogens is 198 g/mol. The molecule has 0 atom stereocenters. The minimum absolute atomic E-state index is 0.117. The van der Waals surface area contributed by atoms with Crippen LogP contribution < -0.4 is 4.74 Å². The molecule has 0 fully saturated rings. The van der Waals surface area contributed by atoms with E-state index < -0.39 is 5.97 Å². The summed E-state index contributed by atoms with van der Waals surface area (Å²) in [6.45, 7) is 1.83. The third-order valence-corrected chi connectivity index (χ3v) is 2.05. The van der Waals surface area contributed by atoms with Crippen molar-refractivity contribution >= 4 is 17.1 Å². The Morgan fingerprint density at radius 3 is 2.87 bits per heavy atom. The van der Waals surface area contributed by atoms with E-state index in [4.69, 9.17) is 9.84 Å². The Hall–Kier alpha value is -2.11. The van der Waals surface area contributed by atoms with Crippen molar-refractivity contribution in [3.05, 3.63) is 17.5 Å². The number of carbonyl (C=O) groups is 1. The van der Waals surface area contributed by atoms with Crippen molar-refractivity contribution in [3.8, 4) is 5.88 Å². The molecule has 0 aliphatic carbocycles. The molecule has 2 aromatic rings. The number of aryl methyl sites for hydroxylation is 1. The summed E-state index contributed by atoms with van der Waals surface area (Å²) in [5, 5.41) is 8.75. The van der Waals surface area contributed by atoms with Crippen molar-refractivity contribution in [1.82, 2.24) is 15.0 Å². The molecule has 0 radical (unpaired) electrons. The number of H-pyrrole nitrogens is 1. The zero-order valence-corrected chi connectivity index (χ0v) is 8.24. The van der Waals surface area contributed by atoms with E-state index in [9.17, 15) is 4.79 Å². The SMILES string of the molecule is COc1cc(C)c2[nH]c(C(=O)O)nc2n1. The summed E-state index contributed by atoms with van der Waals surface area (Å²) in [6, 6.07) is 1.71. The molecule has 0 saturated heterocycles. The monoisotopic (exact) mass is 207 g/mol. The van der Waals surface area contributed by atoms with Gasteiger partial charge in [0.1, 0.15) is 0 Å². The normalized spacial score (nSPS) is 10.5. The molecule has 0 aliphatic heterocycles. The molecule has 0 unspecified atom stereocenters. The number of nitrogens with one attached hydrogen (secondary N) is 1. The second-order valence-electron chi connectivity index (χ2n) is 3.07. The number of carboxylic acid groups (broad SMARTS) is 1. The molecule has 0 spiro atoms. The topological polar surface area (TPSA) is 88.1 Å². The van der Waals surface area contributed by atoms with Gasteiger partial charge >= 0.3 is 5.97 Å². The van der Waals surface area contributed by atoms with Crippen molar-refractivity contribution in [2.24, 2.45) is 0 Å². The van der Waals surface area contributed by atoms with Gasteiger partial charge in [-0.15, -0.1) is 0 Å². The molecule has 2 heterocycles. The second kappa shape index (κ2) is 3.23. The van der Waals surface area contributed by atoms with Crippen molar-refractivity contribution in [1.29, 1.82) is 0 Å². The molecule has 0 saturated carbocycles. The predicted molar refractivity (Wildman–Crippen MR) is 52.1 cm³/mol. The number of aromatic nitrogens is 3. The first kappa shape index (κ1) is 9.45. The molecular formula is C9H9N3O3. The molecule has 2 rings (SSSR count). The van der Waals surface area contributed by atoms with E-state index in [1.807, 2.05) is 6.92 Å². The highest BCUT2D eigenvalue weighted by molar-refractivity contribution is 5.88. The van der Waals surface area contributed by atoms with Gasteiger partial charge in [0.2, 0.25) is 11.7 Å². The van der Waals surface area contributed by atoms with Crippen LogP contribution in [0.1, 0.15) is 16.2 Å². The van der Waals surface area contributed by atoms with Crippen LogP contribution in [0.5, 0.6) is 5.88 Å². The van der Waals surface area contributed by atoms with Gasteiger partial charge in [0, 0.05) is 6.07 Å². The number of ether oxygens (including phenoxy) is 1. The summed E-state index contributed by atoms with van der Waals surface area (Å²) in [7, 11) is 1.50. The Morgan fingerprint density at radius 1 is 1.53 bits per heavy atom. The lowest BCUT2D eigenvalue weighted by molar-refractivity contribution is 0.0685. The molecule has 0 amide bonds. The fraction of sp³-hybridized carbons (Fsp3) is 0.222. The number of hydrogen-bond acceptors (Lipinski definition) is 4. The lowest BCUT2D eigenvalue weighted by atomic mass is 10.3. The van der Waals surface area contributed by atoms with Gasteiger partial charge in [-0.2, -0.15) is 4.98 Å². The minimum Gasteiger partial charge on any atom is -0.481 e. The Morgan fingerprint density at radius 2 is 2.27 bits per heavy atom. The minimum atomic E-state index is -1.11. The van der Waals surface area contributed by atoms with Crippen LogP contribution >= 0.6 is 0 Å². The van der Waals surface area contributed by atoms with Crippen LogP contribution in [-0.2, 0) is 0 Å². The summed E-state index contributed by atoms with van der Waals surface area (Å²) in [4.78, 5) is 21.2. The van der Waals surface area contributed by atoms with E-state index in [0.29, 0.717) is 17.0 Å². The summed E-state index contributed by atoms with van der Waals surface area (Å²) in [5.74, 6) is -0.802. The maximum Gasteiger partial charge on any atom is 0.371 e. The van der Waals surface area contributed by atoms with E-state index in [2.05, 4.69) is 15.0 Å². The fourth-order valence-corrected chi connectivity index (χ4v) is 1.32. The van der Waals surface area contributed by atoms with Gasteiger partial charge in [-0.1, -0.05) is 0 Å². The number of fused-ring (bicyclic) bond motifs is 1. The van der Waals surface area contributed by atoms with Crippen LogP contribution in [0, 0.1) is 6.92 Å². The smallest absolute Gasteiger partial charge is 0.371 e. The molecule has 6 heteroatoms. The highest BCUT2D eigenvalue weighted by Crippen LogP contribution is 2.19. The fourth-order valence-electron chi connectivity index (χ4n) is 1.32. The first-order valence-electron chi connectivity index (χ1n) is 4.26. The third kappa shape index (κ3) is 1.50. The molecule has 2 aromatic heterocycles. The highest BCUT2D eigenvalue weighted by atomic mass is 16.5. The molecule has 0 aromatic carbocycles. The number of imidazole rings is 1. The van der Waals surface area contributed by atoms with Gasteiger partial charge in [0.15, 0.2) is 5.65 Å². The highest BCUT2D eigenvalue weighted by Gasteiger charge is 2.12. The Labute approximate surface area is 84.9 Å². The third-order valence-electron chi connectivity index (χ3n) is 2.05. The van der Waals surface area contributed by atoms with E-state index in [0.717, 1.165) is 5.56 Å². The standard InChI is InChI=1S/C9H9N3O3/c1-4-3-5(15-2)10-7-6(4)11-8(12-7)9(13)14/h3H,1-2H3,(H,13,14)(H,10,11,12). The molecule has 6 nitrogen and oxygen atoms in total. The number of aromatic carboxylic acids is 1. The number of methoxy groups -OCH3 is 1. The average molecular weight is 207 g/mol. The van der Waals surface area contributed by atoms with Gasteiger partial charge in [0.05, 0.1) is 12.6 Å². The van der Waals surface area contributed by atoms with Gasteiger partial charge in [-0.05, 0) is 12.5 Å². The second-order valence-corrected chi connectivity index (χ2v) is 3.07. The molecule has 0 aliphatic rings. The van der Waals surface area contributed by atoms with E-state index in [1.165, 1.54) is 7.11 Å². The van der Waals surface area contributed by atoms with Crippen molar-refractivity contribution in [2.45, 2.75) is 6.92 Å². The van der Waals surface area contributed by atoms with Crippen LogP contribution in [0.3, 0.4) is 0 Å². The van der Waals surface area contributed by atoms with Crippen molar-refractivity contribution in [3.63, 3.8) is 0 Å². The van der Waals surface area contributed by atoms with Crippen LogP contribution in [0.4, 0.5) is 0 Å². The van der Waals surface area contributed by atoms with Gasteiger partial charge in [0.25, 0.3) is 0 Å². The zero-order chi connectivity index (χ0) is 11.0. The Bertz CT molecular complexity index is 533. The number of rotatable bonds is 2. The number of nitrogens with zero attached hydrogens (tertiary/aromatic N) is 2. The molecule has 2 N–H and O–H groups in total. The maximum absolute atomic E-state index is 10.7. The van der Waals surface area contributed by atoms with Gasteiger partial charge < -0.3 is 14.8 Å². The predicted octanol–water partition coefficient (Wildman–Crippen LogP) is 0.973. The molecule has 15 heavy (non-hydrogen) atoms. The van der Waals surface area contributed by atoms with Crippen molar-refractivity contribution < 1.29 is 14.6 Å². The summed E-state index contributed by atoms with van der Waals surface area (Å²) >= 11 is 0. The number of hydrogen-bond donors (Lipinski definition) is 2. The summed E-state index contributed by atoms with van der Waals surface area (Å²) in [6.07, 6.45) is 0.